The molecule has 6 atom stereocenters. The van der Waals surface area contributed by atoms with Gasteiger partial charge in [-0.05, 0) is 67.4 Å². The van der Waals surface area contributed by atoms with Crippen LogP contribution in [0.4, 0.5) is 0 Å². The van der Waals surface area contributed by atoms with Crippen LogP contribution in [0.2, 0.25) is 0 Å². The second-order valence-corrected chi connectivity index (χ2v) is 10.7. The Bertz CT molecular complexity index is 894. The van der Waals surface area contributed by atoms with E-state index in [0.29, 0.717) is 24.2 Å². The summed E-state index contributed by atoms with van der Waals surface area (Å²) in [7, 11) is 2.18. The number of rotatable bonds is 2. The van der Waals surface area contributed by atoms with Gasteiger partial charge < -0.3 is 10.2 Å². The number of likely N-dealkylation sites (tertiary alicyclic amines) is 1. The van der Waals surface area contributed by atoms with Crippen molar-refractivity contribution in [3.8, 4) is 0 Å². The van der Waals surface area contributed by atoms with Gasteiger partial charge in [-0.1, -0.05) is 32.0 Å². The van der Waals surface area contributed by atoms with Crippen LogP contribution in [0, 0.1) is 28.6 Å². The van der Waals surface area contributed by atoms with Crippen molar-refractivity contribution in [3.63, 3.8) is 0 Å². The van der Waals surface area contributed by atoms with Gasteiger partial charge in [0.05, 0.1) is 0 Å². The smallest absolute Gasteiger partial charge is 0.251 e. The van der Waals surface area contributed by atoms with Crippen LogP contribution < -0.4 is 5.32 Å². The second kappa shape index (κ2) is 6.96. The lowest BCUT2D eigenvalue weighted by atomic mass is 9.50. The van der Waals surface area contributed by atoms with Crippen molar-refractivity contribution < 1.29 is 9.59 Å². The van der Waals surface area contributed by atoms with Gasteiger partial charge in [0.1, 0.15) is 0 Å². The van der Waals surface area contributed by atoms with E-state index in [4.69, 9.17) is 0 Å². The highest BCUT2D eigenvalue weighted by Gasteiger charge is 2.60. The number of hydrogen-bond donors (Lipinski definition) is 1. The second-order valence-electron chi connectivity index (χ2n) is 10.7. The summed E-state index contributed by atoms with van der Waals surface area (Å²) < 4.78 is 0. The Morgan fingerprint density at radius 2 is 1.83 bits per heavy atom. The third-order valence-corrected chi connectivity index (χ3v) is 9.27. The van der Waals surface area contributed by atoms with E-state index in [1.54, 1.807) is 0 Å². The molecule has 4 heteroatoms. The molecular formula is C26H34N2O2. The van der Waals surface area contributed by atoms with Gasteiger partial charge in [-0.25, -0.2) is 0 Å². The molecule has 1 N–H and O–H groups in total. The van der Waals surface area contributed by atoms with Crippen LogP contribution in [-0.4, -0.2) is 36.2 Å². The Labute approximate surface area is 180 Å². The maximum atomic E-state index is 12.9. The van der Waals surface area contributed by atoms with Crippen molar-refractivity contribution in [2.75, 3.05) is 13.6 Å². The average molecular weight is 407 g/mol. The minimum Gasteiger partial charge on any atom is -0.377 e. The van der Waals surface area contributed by atoms with E-state index in [1.165, 1.54) is 25.0 Å². The van der Waals surface area contributed by atoms with Gasteiger partial charge in [-0.3, -0.25) is 9.59 Å². The van der Waals surface area contributed by atoms with Gasteiger partial charge in [0, 0.05) is 48.8 Å². The number of benzene rings is 1. The monoisotopic (exact) mass is 406 g/mol. The molecule has 1 aromatic rings. The summed E-state index contributed by atoms with van der Waals surface area (Å²) in [6.45, 7) is 5.87. The molecule has 4 nitrogen and oxygen atoms in total. The van der Waals surface area contributed by atoms with Crippen LogP contribution in [-0.2, 0) is 4.79 Å². The molecule has 3 aliphatic carbocycles. The number of carbonyl (C=O) groups is 2. The summed E-state index contributed by atoms with van der Waals surface area (Å²) in [5.74, 6) is 2.28. The van der Waals surface area contributed by atoms with Crippen LogP contribution in [0.5, 0.6) is 0 Å². The molecule has 4 aliphatic rings. The quantitative estimate of drug-likeness (QED) is 0.791. The first-order chi connectivity index (χ1) is 14.3. The van der Waals surface area contributed by atoms with Crippen LogP contribution in [0.1, 0.15) is 62.7 Å². The van der Waals surface area contributed by atoms with E-state index in [9.17, 15) is 9.59 Å². The molecular weight excluding hydrogens is 372 g/mol. The van der Waals surface area contributed by atoms with Crippen LogP contribution >= 0.6 is 0 Å². The summed E-state index contributed by atoms with van der Waals surface area (Å²) in [5, 5.41) is 3.40. The van der Waals surface area contributed by atoms with Gasteiger partial charge in [-0.15, -0.1) is 0 Å². The molecule has 0 spiro atoms. The lowest BCUT2D eigenvalue weighted by molar-refractivity contribution is -0.119. The Hall–Kier alpha value is -2.10. The number of amides is 1. The van der Waals surface area contributed by atoms with Crippen molar-refractivity contribution in [2.24, 2.45) is 28.6 Å². The predicted molar refractivity (Wildman–Crippen MR) is 118 cm³/mol. The van der Waals surface area contributed by atoms with Crippen molar-refractivity contribution >= 4 is 11.7 Å². The van der Waals surface area contributed by atoms with Gasteiger partial charge in [-0.2, -0.15) is 0 Å². The summed E-state index contributed by atoms with van der Waals surface area (Å²) in [6.07, 6.45) is 8.24. The minimum absolute atomic E-state index is 0.0633. The normalized spacial score (nSPS) is 40.2. The van der Waals surface area contributed by atoms with Crippen molar-refractivity contribution in [3.05, 3.63) is 47.7 Å². The maximum Gasteiger partial charge on any atom is 0.251 e. The first-order valence-electron chi connectivity index (χ1n) is 11.6. The van der Waals surface area contributed by atoms with Gasteiger partial charge >= 0.3 is 0 Å². The van der Waals surface area contributed by atoms with Gasteiger partial charge in [0.2, 0.25) is 0 Å². The number of nitrogens with zero attached hydrogens (tertiary/aromatic N) is 1. The molecule has 0 bridgehead atoms. The molecule has 1 saturated heterocycles. The van der Waals surface area contributed by atoms with Crippen LogP contribution in [0.25, 0.3) is 0 Å². The number of ketones is 1. The highest BCUT2D eigenvalue weighted by molar-refractivity contribution is 5.94. The zero-order valence-electron chi connectivity index (χ0n) is 18.5. The van der Waals surface area contributed by atoms with Crippen molar-refractivity contribution in [2.45, 2.75) is 58.4 Å². The Kier molecular flexibility index (Phi) is 4.61. The number of piperidine rings is 1. The van der Waals surface area contributed by atoms with Gasteiger partial charge in [0.25, 0.3) is 5.91 Å². The molecule has 0 aromatic heterocycles. The Morgan fingerprint density at radius 3 is 2.60 bits per heavy atom. The molecule has 1 heterocycles. The largest absolute Gasteiger partial charge is 0.377 e. The molecule has 1 aliphatic heterocycles. The zero-order valence-corrected chi connectivity index (χ0v) is 18.5. The predicted octanol–water partition coefficient (Wildman–Crippen LogP) is 4.43. The fourth-order valence-corrected chi connectivity index (χ4v) is 7.64. The van der Waals surface area contributed by atoms with E-state index in [0.717, 1.165) is 24.9 Å². The first kappa shape index (κ1) is 19.8. The Morgan fingerprint density at radius 1 is 1.07 bits per heavy atom. The van der Waals surface area contributed by atoms with Crippen molar-refractivity contribution in [1.82, 2.24) is 10.2 Å². The molecule has 30 heavy (non-hydrogen) atoms. The number of allylic oxidation sites excluding steroid dienone is 2. The first-order valence-corrected chi connectivity index (χ1v) is 11.6. The van der Waals surface area contributed by atoms with Crippen LogP contribution in [0.3, 0.4) is 0 Å². The SMILES string of the molecule is CN1C[C@@H]2[C@@H](CC[C@]3(C)C(NC(=O)c4ccccc4)CC[C@@H]23)[C@@]2(C)CCC(=O)C=C12. The van der Waals surface area contributed by atoms with E-state index in [1.807, 2.05) is 36.4 Å². The molecule has 0 radical (unpaired) electrons. The highest BCUT2D eigenvalue weighted by Crippen LogP contribution is 2.63. The molecule has 5 rings (SSSR count). The molecule has 3 fully saturated rings. The number of nitrogens with one attached hydrogen (secondary N) is 1. The third kappa shape index (κ3) is 2.86. The number of fused-ring (bicyclic) bond motifs is 5. The molecule has 160 valence electrons. The Balaban J connectivity index is 1.39. The lowest BCUT2D eigenvalue weighted by Gasteiger charge is -2.60. The minimum atomic E-state index is 0.0633. The summed E-state index contributed by atoms with van der Waals surface area (Å²) in [5.41, 5.74) is 2.31. The van der Waals surface area contributed by atoms with Crippen molar-refractivity contribution in [1.29, 1.82) is 0 Å². The zero-order chi connectivity index (χ0) is 21.1. The van der Waals surface area contributed by atoms with Crippen LogP contribution in [0.15, 0.2) is 42.1 Å². The van der Waals surface area contributed by atoms with E-state index in [-0.39, 0.29) is 28.6 Å². The molecule has 1 aromatic carbocycles. The van der Waals surface area contributed by atoms with E-state index < -0.39 is 0 Å². The van der Waals surface area contributed by atoms with Gasteiger partial charge in [0.15, 0.2) is 5.78 Å². The topological polar surface area (TPSA) is 49.4 Å². The lowest BCUT2D eigenvalue weighted by Crippen LogP contribution is -2.58. The number of hydrogen-bond acceptors (Lipinski definition) is 3. The fraction of sp³-hybridized carbons (Fsp3) is 0.615. The van der Waals surface area contributed by atoms with E-state index >= 15 is 0 Å². The van der Waals surface area contributed by atoms with E-state index in [2.05, 4.69) is 31.1 Å². The fourth-order valence-electron chi connectivity index (χ4n) is 7.64. The highest BCUT2D eigenvalue weighted by atomic mass is 16.1. The summed E-state index contributed by atoms with van der Waals surface area (Å²) in [4.78, 5) is 27.4. The molecule has 1 amide bonds. The summed E-state index contributed by atoms with van der Waals surface area (Å²) in [6, 6.07) is 9.86. The maximum absolute atomic E-state index is 12.9. The molecule has 2 saturated carbocycles. The third-order valence-electron chi connectivity index (χ3n) is 9.27. The molecule has 1 unspecified atom stereocenters. The standard InChI is InChI=1S/C26H34N2O2/c1-25-14-12-21-19(16-28(3)23-15-18(29)11-13-26(21,23)2)20(25)9-10-22(25)27-24(30)17-7-5-4-6-8-17/h4-8,15,19-22H,9-14,16H2,1-3H3,(H,27,30)/t19-,20-,21+,22?,25-,26+/m0/s1. The summed E-state index contributed by atoms with van der Waals surface area (Å²) >= 11 is 0. The average Bonchev–Trinajstić information content (AvgIpc) is 3.06. The number of carbonyl (C=O) groups excluding carboxylic acids is 2.